The Bertz CT molecular complexity index is 413. The van der Waals surface area contributed by atoms with E-state index in [1.807, 2.05) is 13.0 Å². The Morgan fingerprint density at radius 1 is 1.33 bits per heavy atom. The van der Waals surface area contributed by atoms with E-state index in [0.717, 1.165) is 24.0 Å². The van der Waals surface area contributed by atoms with Gasteiger partial charge >= 0.3 is 5.97 Å². The molecule has 0 spiro atoms. The van der Waals surface area contributed by atoms with E-state index < -0.39 is 0 Å². The van der Waals surface area contributed by atoms with Crippen molar-refractivity contribution in [1.82, 2.24) is 0 Å². The van der Waals surface area contributed by atoms with Crippen LogP contribution in [0.1, 0.15) is 47.5 Å². The maximum Gasteiger partial charge on any atom is 0.303 e. The minimum Gasteiger partial charge on any atom is -0.458 e. The van der Waals surface area contributed by atoms with Crippen LogP contribution in [-0.4, -0.2) is 17.9 Å². The lowest BCUT2D eigenvalue weighted by atomic mass is 9.71. The second-order valence-corrected chi connectivity index (χ2v) is 5.56. The zero-order valence-corrected chi connectivity index (χ0v) is 11.9. The highest BCUT2D eigenvalue weighted by atomic mass is 16.5. The first-order valence-electron chi connectivity index (χ1n) is 6.31. The summed E-state index contributed by atoms with van der Waals surface area (Å²) in [5, 5.41) is 0. The summed E-state index contributed by atoms with van der Waals surface area (Å²) in [6.07, 6.45) is 5.09. The van der Waals surface area contributed by atoms with Gasteiger partial charge in [-0.05, 0) is 49.3 Å². The molecule has 0 N–H and O–H groups in total. The summed E-state index contributed by atoms with van der Waals surface area (Å²) in [7, 11) is 0. The fourth-order valence-electron chi connectivity index (χ4n) is 2.46. The summed E-state index contributed by atoms with van der Waals surface area (Å²) in [4.78, 5) is 22.1. The molecule has 0 saturated carbocycles. The van der Waals surface area contributed by atoms with Crippen LogP contribution in [-0.2, 0) is 14.3 Å². The lowest BCUT2D eigenvalue weighted by Gasteiger charge is -2.36. The lowest BCUT2D eigenvalue weighted by molar-refractivity contribution is -0.145. The van der Waals surface area contributed by atoms with Crippen LogP contribution in [0.25, 0.3) is 0 Å². The van der Waals surface area contributed by atoms with Crippen molar-refractivity contribution in [1.29, 1.82) is 0 Å². The molecule has 0 aromatic carbocycles. The van der Waals surface area contributed by atoms with Crippen molar-refractivity contribution in [3.8, 4) is 0 Å². The van der Waals surface area contributed by atoms with Gasteiger partial charge in [-0.15, -0.1) is 0 Å². The molecule has 100 valence electrons. The summed E-state index contributed by atoms with van der Waals surface area (Å²) in [5.41, 5.74) is 2.18. The molecule has 3 nitrogen and oxygen atoms in total. The molecule has 1 rings (SSSR count). The number of esters is 1. The topological polar surface area (TPSA) is 43.4 Å². The Morgan fingerprint density at radius 3 is 2.44 bits per heavy atom. The Morgan fingerprint density at radius 2 is 1.94 bits per heavy atom. The maximum atomic E-state index is 11.1. The SMILES string of the molecule is CC(=O)C=CC1=C(C)C(OC(C)=O)CCC1(C)C. The summed E-state index contributed by atoms with van der Waals surface area (Å²) in [6.45, 7) is 9.25. The van der Waals surface area contributed by atoms with Gasteiger partial charge in [-0.2, -0.15) is 0 Å². The third-order valence-electron chi connectivity index (χ3n) is 3.46. The molecule has 1 atom stereocenters. The van der Waals surface area contributed by atoms with Crippen molar-refractivity contribution in [3.63, 3.8) is 0 Å². The van der Waals surface area contributed by atoms with Crippen LogP contribution < -0.4 is 0 Å². The molecule has 1 aliphatic rings. The van der Waals surface area contributed by atoms with Gasteiger partial charge in [0.05, 0.1) is 0 Å². The Labute approximate surface area is 109 Å². The van der Waals surface area contributed by atoms with Crippen molar-refractivity contribution in [2.75, 3.05) is 0 Å². The molecule has 1 aliphatic carbocycles. The standard InChI is InChI=1S/C15H22O3/c1-10(16)6-7-13-11(2)14(18-12(3)17)8-9-15(13,4)5/h6-7,14H,8-9H2,1-5H3. The second-order valence-electron chi connectivity index (χ2n) is 5.56. The Balaban J connectivity index is 3.08. The first kappa shape index (κ1) is 14.7. The quantitative estimate of drug-likeness (QED) is 0.570. The average Bonchev–Trinajstić information content (AvgIpc) is 2.21. The first-order valence-corrected chi connectivity index (χ1v) is 6.31. The van der Waals surface area contributed by atoms with Gasteiger partial charge in [0.1, 0.15) is 6.10 Å². The highest BCUT2D eigenvalue weighted by Gasteiger charge is 2.33. The summed E-state index contributed by atoms with van der Waals surface area (Å²) < 4.78 is 5.32. The average molecular weight is 250 g/mol. The molecule has 18 heavy (non-hydrogen) atoms. The van der Waals surface area contributed by atoms with Crippen molar-refractivity contribution in [2.45, 2.75) is 53.6 Å². The van der Waals surface area contributed by atoms with Crippen LogP contribution in [0.5, 0.6) is 0 Å². The molecule has 0 bridgehead atoms. The number of rotatable bonds is 3. The third kappa shape index (κ3) is 3.56. The molecule has 0 saturated heterocycles. The molecule has 1 unspecified atom stereocenters. The van der Waals surface area contributed by atoms with Gasteiger partial charge in [0.2, 0.25) is 0 Å². The largest absolute Gasteiger partial charge is 0.458 e. The van der Waals surface area contributed by atoms with E-state index in [9.17, 15) is 9.59 Å². The number of carbonyl (C=O) groups excluding carboxylic acids is 2. The van der Waals surface area contributed by atoms with Crippen LogP contribution in [0.4, 0.5) is 0 Å². The summed E-state index contributed by atoms with van der Waals surface area (Å²) >= 11 is 0. The smallest absolute Gasteiger partial charge is 0.303 e. The number of hydrogen-bond donors (Lipinski definition) is 0. The fraction of sp³-hybridized carbons (Fsp3) is 0.600. The summed E-state index contributed by atoms with van der Waals surface area (Å²) in [6, 6.07) is 0. The number of hydrogen-bond acceptors (Lipinski definition) is 3. The molecule has 3 heteroatoms. The Hall–Kier alpha value is -1.38. The lowest BCUT2D eigenvalue weighted by Crippen LogP contribution is -2.30. The predicted octanol–water partition coefficient (Wildman–Crippen LogP) is 3.20. The van der Waals surface area contributed by atoms with Crippen molar-refractivity contribution >= 4 is 11.8 Å². The van der Waals surface area contributed by atoms with E-state index >= 15 is 0 Å². The van der Waals surface area contributed by atoms with Gasteiger partial charge in [-0.3, -0.25) is 9.59 Å². The van der Waals surface area contributed by atoms with Gasteiger partial charge in [0, 0.05) is 6.92 Å². The predicted molar refractivity (Wildman–Crippen MR) is 71.1 cm³/mol. The van der Waals surface area contributed by atoms with E-state index in [1.165, 1.54) is 13.8 Å². The normalized spacial score (nSPS) is 23.3. The number of carbonyl (C=O) groups is 2. The molecule has 0 heterocycles. The van der Waals surface area contributed by atoms with Crippen LogP contribution >= 0.6 is 0 Å². The molecule has 0 radical (unpaired) electrons. The molecule has 0 fully saturated rings. The monoisotopic (exact) mass is 250 g/mol. The van der Waals surface area contributed by atoms with E-state index in [1.54, 1.807) is 6.08 Å². The van der Waals surface area contributed by atoms with Crippen LogP contribution in [0.15, 0.2) is 23.3 Å². The van der Waals surface area contributed by atoms with Crippen LogP contribution in [0, 0.1) is 5.41 Å². The van der Waals surface area contributed by atoms with E-state index in [0.29, 0.717) is 0 Å². The van der Waals surface area contributed by atoms with Gasteiger partial charge in [0.25, 0.3) is 0 Å². The van der Waals surface area contributed by atoms with Crippen molar-refractivity contribution in [2.24, 2.45) is 5.41 Å². The minimum absolute atomic E-state index is 0.0205. The van der Waals surface area contributed by atoms with Crippen LogP contribution in [0.3, 0.4) is 0 Å². The van der Waals surface area contributed by atoms with E-state index in [-0.39, 0.29) is 23.3 Å². The number of allylic oxidation sites excluding steroid dienone is 3. The van der Waals surface area contributed by atoms with Crippen LogP contribution in [0.2, 0.25) is 0 Å². The first-order chi connectivity index (χ1) is 8.24. The fourth-order valence-corrected chi connectivity index (χ4v) is 2.46. The summed E-state index contributed by atoms with van der Waals surface area (Å²) in [5.74, 6) is -0.227. The Kier molecular flexibility index (Phi) is 4.49. The molecule has 0 amide bonds. The number of ether oxygens (including phenoxy) is 1. The van der Waals surface area contributed by atoms with Crippen molar-refractivity contribution in [3.05, 3.63) is 23.3 Å². The van der Waals surface area contributed by atoms with E-state index in [4.69, 9.17) is 4.74 Å². The zero-order chi connectivity index (χ0) is 13.9. The molecular formula is C15H22O3. The van der Waals surface area contributed by atoms with E-state index in [2.05, 4.69) is 13.8 Å². The highest BCUT2D eigenvalue weighted by Crippen LogP contribution is 2.41. The maximum absolute atomic E-state index is 11.1. The molecule has 0 aromatic rings. The van der Waals surface area contributed by atoms with Gasteiger partial charge in [-0.25, -0.2) is 0 Å². The van der Waals surface area contributed by atoms with Gasteiger partial charge in [-0.1, -0.05) is 19.9 Å². The van der Waals surface area contributed by atoms with Gasteiger partial charge in [0.15, 0.2) is 5.78 Å². The zero-order valence-electron chi connectivity index (χ0n) is 11.9. The second kappa shape index (κ2) is 5.51. The molecule has 0 aromatic heterocycles. The highest BCUT2D eigenvalue weighted by molar-refractivity contribution is 5.87. The van der Waals surface area contributed by atoms with Gasteiger partial charge < -0.3 is 4.74 Å². The number of ketones is 1. The van der Waals surface area contributed by atoms with Crippen molar-refractivity contribution < 1.29 is 14.3 Å². The molecule has 0 aliphatic heterocycles. The minimum atomic E-state index is -0.256. The third-order valence-corrected chi connectivity index (χ3v) is 3.46. The molecular weight excluding hydrogens is 228 g/mol.